The summed E-state index contributed by atoms with van der Waals surface area (Å²) < 4.78 is 0. The molecule has 0 bridgehead atoms. The van der Waals surface area contributed by atoms with E-state index in [1.807, 2.05) is 41.5 Å². The van der Waals surface area contributed by atoms with Crippen LogP contribution in [0.5, 0.6) is 0 Å². The molecule has 1 heterocycles. The number of aliphatic hydroxyl groups is 1. The van der Waals surface area contributed by atoms with Crippen LogP contribution in [0.2, 0.25) is 0 Å². The molecule has 5 rings (SSSR count). The molecule has 0 saturated heterocycles. The summed E-state index contributed by atoms with van der Waals surface area (Å²) in [5, 5.41) is 12.0. The van der Waals surface area contributed by atoms with E-state index in [4.69, 9.17) is 9.97 Å². The van der Waals surface area contributed by atoms with Crippen LogP contribution < -0.4 is 0 Å². The number of carbonyl (C=O) groups is 1. The SMILES string of the molecule is CC(C)(C)C(=O)/C=C(\O)C(C)(C)C.CC(C)c1ccc2c(c1)CCc1c(-c3[c-]c4ccccc4c(C(C)(C)C)c3)ncnc1-2.[Ir]. The summed E-state index contributed by atoms with van der Waals surface area (Å²) in [6, 6.07) is 21.4. The van der Waals surface area contributed by atoms with E-state index < -0.39 is 5.41 Å². The van der Waals surface area contributed by atoms with E-state index in [2.05, 4.69) is 89.2 Å². The van der Waals surface area contributed by atoms with E-state index in [0.717, 1.165) is 35.2 Å². The summed E-state index contributed by atoms with van der Waals surface area (Å²) in [4.78, 5) is 21.0. The second-order valence-electron chi connectivity index (χ2n) is 15.4. The molecule has 0 spiro atoms. The number of hydrogen-bond acceptors (Lipinski definition) is 4. The van der Waals surface area contributed by atoms with Crippen molar-refractivity contribution in [2.24, 2.45) is 10.8 Å². The second-order valence-corrected chi connectivity index (χ2v) is 15.4. The molecule has 1 aliphatic rings. The van der Waals surface area contributed by atoms with Crippen molar-refractivity contribution >= 4 is 16.6 Å². The number of aliphatic hydroxyl groups excluding tert-OH is 1. The summed E-state index contributed by atoms with van der Waals surface area (Å²) in [5.41, 5.74) is 9.10. The fourth-order valence-corrected chi connectivity index (χ4v) is 5.32. The number of aryl methyl sites for hydroxylation is 1. The van der Waals surface area contributed by atoms with Gasteiger partial charge in [-0.3, -0.25) is 9.78 Å². The molecule has 1 radical (unpaired) electrons. The molecule has 0 amide bonds. The van der Waals surface area contributed by atoms with Gasteiger partial charge >= 0.3 is 0 Å². The van der Waals surface area contributed by atoms with Gasteiger partial charge in [-0.15, -0.1) is 29.1 Å². The molecule has 241 valence electrons. The molecule has 1 N–H and O–H groups in total. The van der Waals surface area contributed by atoms with Crippen molar-refractivity contribution in [1.29, 1.82) is 0 Å². The summed E-state index contributed by atoms with van der Waals surface area (Å²) in [5.74, 6) is 0.642. The van der Waals surface area contributed by atoms with Crippen LogP contribution >= 0.6 is 0 Å². The second kappa shape index (κ2) is 13.7. The van der Waals surface area contributed by atoms with Crippen molar-refractivity contribution in [2.45, 2.75) is 100 Å². The number of allylic oxidation sites excluding steroid dienone is 2. The maximum absolute atomic E-state index is 11.5. The molecule has 0 unspecified atom stereocenters. The third-order valence-corrected chi connectivity index (χ3v) is 8.25. The Bertz CT molecular complexity index is 1710. The average Bonchev–Trinajstić information content (AvgIpc) is 2.94. The quantitative estimate of drug-likeness (QED) is 0.128. The molecule has 1 aliphatic carbocycles. The molecule has 0 aliphatic heterocycles. The van der Waals surface area contributed by atoms with Gasteiger partial charge in [-0.25, -0.2) is 4.98 Å². The van der Waals surface area contributed by atoms with Crippen molar-refractivity contribution in [2.75, 3.05) is 0 Å². The third kappa shape index (κ3) is 8.37. The molecule has 4 nitrogen and oxygen atoms in total. The van der Waals surface area contributed by atoms with Gasteiger partial charge in [-0.1, -0.05) is 124 Å². The van der Waals surface area contributed by atoms with Gasteiger partial charge in [0.2, 0.25) is 0 Å². The minimum absolute atomic E-state index is 0. The Morgan fingerprint density at radius 3 is 2.11 bits per heavy atom. The monoisotopic (exact) mass is 782 g/mol. The summed E-state index contributed by atoms with van der Waals surface area (Å²) in [6.45, 7) is 22.4. The van der Waals surface area contributed by atoms with E-state index in [9.17, 15) is 9.90 Å². The summed E-state index contributed by atoms with van der Waals surface area (Å²) in [6.07, 6.45) is 5.05. The van der Waals surface area contributed by atoms with Crippen molar-refractivity contribution < 1.29 is 30.0 Å². The first-order chi connectivity index (χ1) is 20.4. The van der Waals surface area contributed by atoms with Crippen molar-refractivity contribution in [3.63, 3.8) is 0 Å². The van der Waals surface area contributed by atoms with E-state index in [1.165, 1.54) is 39.3 Å². The Morgan fingerprint density at radius 1 is 0.867 bits per heavy atom. The number of hydrogen-bond donors (Lipinski definition) is 1. The minimum Gasteiger partial charge on any atom is -0.512 e. The molecule has 0 fully saturated rings. The zero-order chi connectivity index (χ0) is 32.6. The fourth-order valence-electron chi connectivity index (χ4n) is 5.32. The summed E-state index contributed by atoms with van der Waals surface area (Å²) >= 11 is 0. The van der Waals surface area contributed by atoms with E-state index >= 15 is 0 Å². The molecule has 4 aromatic rings. The zero-order valence-electron chi connectivity index (χ0n) is 28.8. The topological polar surface area (TPSA) is 63.1 Å². The largest absolute Gasteiger partial charge is 0.512 e. The molecular weight excluding hydrogens is 733 g/mol. The van der Waals surface area contributed by atoms with Crippen molar-refractivity contribution in [3.8, 4) is 22.5 Å². The molecule has 1 aromatic heterocycles. The summed E-state index contributed by atoms with van der Waals surface area (Å²) in [7, 11) is 0. The van der Waals surface area contributed by atoms with Crippen LogP contribution in [0, 0.1) is 16.9 Å². The van der Waals surface area contributed by atoms with Crippen molar-refractivity contribution in [1.82, 2.24) is 9.97 Å². The first-order valence-electron chi connectivity index (χ1n) is 15.8. The normalized spacial score (nSPS) is 13.4. The molecule has 45 heavy (non-hydrogen) atoms. The Kier molecular flexibility index (Phi) is 11.1. The first-order valence-corrected chi connectivity index (χ1v) is 15.8. The number of carbonyl (C=O) groups excluding carboxylic acids is 1. The molecule has 3 aromatic carbocycles. The number of fused-ring (bicyclic) bond motifs is 4. The number of benzene rings is 3. The van der Waals surface area contributed by atoms with Gasteiger partial charge in [-0.2, -0.15) is 0 Å². The van der Waals surface area contributed by atoms with E-state index in [0.29, 0.717) is 5.92 Å². The Balaban J connectivity index is 0.000000338. The smallest absolute Gasteiger partial charge is 0.164 e. The predicted molar refractivity (Wildman–Crippen MR) is 184 cm³/mol. The molecular formula is C40H49IrN2O2-. The number of aromatic nitrogens is 2. The van der Waals surface area contributed by atoms with Crippen LogP contribution in [0.3, 0.4) is 0 Å². The average molecular weight is 782 g/mol. The van der Waals surface area contributed by atoms with Gasteiger partial charge in [0.25, 0.3) is 0 Å². The number of nitrogens with zero attached hydrogens (tertiary/aromatic N) is 2. The molecule has 0 atom stereocenters. The fraction of sp³-hybridized carbons (Fsp3) is 0.425. The Labute approximate surface area is 284 Å². The predicted octanol–water partition coefficient (Wildman–Crippen LogP) is 10.4. The van der Waals surface area contributed by atoms with Gasteiger partial charge in [0.05, 0.1) is 5.69 Å². The molecule has 0 saturated carbocycles. The zero-order valence-corrected chi connectivity index (χ0v) is 31.2. The molecule has 5 heteroatoms. The van der Waals surface area contributed by atoms with Crippen LogP contribution in [0.4, 0.5) is 0 Å². The minimum atomic E-state index is -0.417. The maximum Gasteiger partial charge on any atom is 0.164 e. The van der Waals surface area contributed by atoms with Gasteiger partial charge in [-0.05, 0) is 40.9 Å². The van der Waals surface area contributed by atoms with Crippen LogP contribution in [0.15, 0.2) is 66.7 Å². The van der Waals surface area contributed by atoms with Gasteiger partial charge in [0.1, 0.15) is 12.1 Å². The Hall–Kier alpha value is -3.14. The first kappa shape index (κ1) is 36.3. The van der Waals surface area contributed by atoms with Crippen molar-refractivity contribution in [3.05, 3.63) is 95.0 Å². The van der Waals surface area contributed by atoms with Crippen LogP contribution in [0.1, 0.15) is 104 Å². The maximum atomic E-state index is 11.5. The van der Waals surface area contributed by atoms with E-state index in [1.54, 1.807) is 6.33 Å². The third-order valence-electron chi connectivity index (χ3n) is 8.25. The van der Waals surface area contributed by atoms with Gasteiger partial charge < -0.3 is 5.11 Å². The van der Waals surface area contributed by atoms with Crippen LogP contribution in [-0.4, -0.2) is 20.9 Å². The number of ketones is 1. The van der Waals surface area contributed by atoms with Gasteiger partial charge in [0.15, 0.2) is 5.78 Å². The van der Waals surface area contributed by atoms with Crippen LogP contribution in [-0.2, 0) is 43.2 Å². The standard InChI is InChI=1S/C29H29N2.C11H20O2.Ir/c1-18(2)19-10-12-24-21(14-19)11-13-25-27(30-17-31-28(24)25)22-15-20-8-6-7-9-23(20)26(16-22)29(3,4)5;1-10(2,3)8(12)7-9(13)11(4,5)6;/h6-10,12,14,16-18H,11,13H2,1-5H3;7,12H,1-6H3;/q-1;;/b;8-7-;. The van der Waals surface area contributed by atoms with Gasteiger partial charge in [0, 0.05) is 48.3 Å². The Morgan fingerprint density at radius 2 is 1.51 bits per heavy atom. The number of rotatable bonds is 3. The van der Waals surface area contributed by atoms with E-state index in [-0.39, 0.29) is 42.5 Å². The van der Waals surface area contributed by atoms with Crippen LogP contribution in [0.25, 0.3) is 33.3 Å².